The second-order valence-corrected chi connectivity index (χ2v) is 12.6. The van der Waals surface area contributed by atoms with Crippen LogP contribution in [0.5, 0.6) is 0 Å². The van der Waals surface area contributed by atoms with Crippen molar-refractivity contribution < 1.29 is 51.9 Å². The van der Waals surface area contributed by atoms with E-state index in [-0.39, 0.29) is 11.1 Å². The van der Waals surface area contributed by atoms with Crippen LogP contribution < -0.4 is 0 Å². The van der Waals surface area contributed by atoms with E-state index in [0.717, 1.165) is 26.0 Å². The van der Waals surface area contributed by atoms with Crippen molar-refractivity contribution in [2.45, 2.75) is 33.4 Å². The Morgan fingerprint density at radius 2 is 0.750 bits per heavy atom. The van der Waals surface area contributed by atoms with Crippen LogP contribution >= 0.6 is 23.2 Å². The van der Waals surface area contributed by atoms with Gasteiger partial charge in [0.1, 0.15) is 19.6 Å². The van der Waals surface area contributed by atoms with Gasteiger partial charge in [0.2, 0.25) is 0 Å². The minimum absolute atomic E-state index is 0.341. The molecular weight excluding hydrogens is 559 g/mol. The molecule has 4 N–H and O–H groups in total. The van der Waals surface area contributed by atoms with Crippen molar-refractivity contribution >= 4 is 63.7 Å². The van der Waals surface area contributed by atoms with Crippen molar-refractivity contribution in [2.75, 3.05) is 0 Å². The van der Waals surface area contributed by atoms with Gasteiger partial charge in [-0.25, -0.2) is 0 Å². The summed E-state index contributed by atoms with van der Waals surface area (Å²) in [5.74, 6) is 0. The number of benzene rings is 2. The maximum atomic E-state index is 12.1. The first kappa shape index (κ1) is 26.9. The number of rotatable bonds is 5. The SMILES string of the molecule is Cc1cc(Cl)c(S(=O)(=O)O)c(S(=O)(=O)O)c1-c1c(C)cc(Cl)c(S(=O)(=O)O)c1S(=O)(=O)O. The van der Waals surface area contributed by atoms with Gasteiger partial charge in [-0.15, -0.1) is 0 Å². The first-order chi connectivity index (χ1) is 14.1. The molecule has 0 aliphatic heterocycles. The van der Waals surface area contributed by atoms with Crippen LogP contribution in [0.15, 0.2) is 31.7 Å². The van der Waals surface area contributed by atoms with E-state index in [1.165, 1.54) is 0 Å². The summed E-state index contributed by atoms with van der Waals surface area (Å²) in [4.78, 5) is -6.32. The Hall–Kier alpha value is -1.34. The molecular formula is C14H12Cl2O12S4. The lowest BCUT2D eigenvalue weighted by Crippen LogP contribution is -2.16. The Morgan fingerprint density at radius 1 is 0.531 bits per heavy atom. The highest BCUT2D eigenvalue weighted by Crippen LogP contribution is 2.46. The van der Waals surface area contributed by atoms with Crippen molar-refractivity contribution in [2.24, 2.45) is 0 Å². The van der Waals surface area contributed by atoms with Gasteiger partial charge >= 0.3 is 0 Å². The van der Waals surface area contributed by atoms with Gasteiger partial charge in [-0.05, 0) is 37.1 Å². The fourth-order valence-corrected chi connectivity index (χ4v) is 8.54. The molecule has 18 heteroatoms. The van der Waals surface area contributed by atoms with E-state index in [4.69, 9.17) is 23.2 Å². The largest absolute Gasteiger partial charge is 0.297 e. The van der Waals surface area contributed by atoms with Crippen LogP contribution in [-0.2, 0) is 40.5 Å². The van der Waals surface area contributed by atoms with Crippen LogP contribution in [-0.4, -0.2) is 51.9 Å². The molecule has 0 heterocycles. The Kier molecular flexibility index (Phi) is 6.86. The van der Waals surface area contributed by atoms with E-state index < -0.39 is 81.2 Å². The molecule has 0 fully saturated rings. The van der Waals surface area contributed by atoms with Gasteiger partial charge in [0, 0.05) is 11.1 Å². The van der Waals surface area contributed by atoms with Gasteiger partial charge in [-0.3, -0.25) is 18.2 Å². The molecule has 2 rings (SSSR count). The van der Waals surface area contributed by atoms with Crippen LogP contribution in [0, 0.1) is 13.8 Å². The lowest BCUT2D eigenvalue weighted by molar-refractivity contribution is 0.465. The monoisotopic (exact) mass is 570 g/mol. The van der Waals surface area contributed by atoms with Crippen molar-refractivity contribution in [1.82, 2.24) is 0 Å². The van der Waals surface area contributed by atoms with E-state index in [1.54, 1.807) is 0 Å². The van der Waals surface area contributed by atoms with Crippen molar-refractivity contribution in [3.63, 3.8) is 0 Å². The summed E-state index contributed by atoms with van der Waals surface area (Å²) in [5, 5.41) is -1.78. The van der Waals surface area contributed by atoms with E-state index in [0.29, 0.717) is 0 Å². The number of aryl methyl sites for hydroxylation is 2. The van der Waals surface area contributed by atoms with E-state index in [2.05, 4.69) is 0 Å². The lowest BCUT2D eigenvalue weighted by Gasteiger charge is -2.21. The molecule has 0 aromatic heterocycles. The molecule has 0 amide bonds. The maximum Gasteiger partial charge on any atom is 0.297 e. The van der Waals surface area contributed by atoms with Gasteiger partial charge in [0.15, 0.2) is 0 Å². The predicted octanol–water partition coefficient (Wildman–Crippen LogP) is 2.26. The third-order valence-corrected chi connectivity index (χ3v) is 8.86. The van der Waals surface area contributed by atoms with Crippen LogP contribution in [0.3, 0.4) is 0 Å². The number of halogens is 2. The first-order valence-electron chi connectivity index (χ1n) is 7.66. The van der Waals surface area contributed by atoms with Crippen LogP contribution in [0.4, 0.5) is 0 Å². The Bertz CT molecular complexity index is 1470. The first-order valence-corrected chi connectivity index (χ1v) is 14.2. The topological polar surface area (TPSA) is 217 Å². The van der Waals surface area contributed by atoms with Crippen molar-refractivity contribution in [3.8, 4) is 11.1 Å². The average Bonchev–Trinajstić information content (AvgIpc) is 2.50. The molecule has 32 heavy (non-hydrogen) atoms. The molecule has 2 aromatic carbocycles. The maximum absolute atomic E-state index is 12.1. The van der Waals surface area contributed by atoms with Gasteiger partial charge < -0.3 is 0 Å². The minimum atomic E-state index is -5.62. The molecule has 0 aliphatic rings. The number of hydrogen-bond donors (Lipinski definition) is 4. The molecule has 0 saturated carbocycles. The molecule has 0 aliphatic carbocycles. The Labute approximate surface area is 192 Å². The predicted molar refractivity (Wildman–Crippen MR) is 111 cm³/mol. The summed E-state index contributed by atoms with van der Waals surface area (Å²) in [6, 6.07) is 1.53. The molecule has 0 radical (unpaired) electrons. The zero-order valence-corrected chi connectivity index (χ0v) is 20.4. The van der Waals surface area contributed by atoms with Crippen molar-refractivity contribution in [1.29, 1.82) is 0 Å². The Morgan fingerprint density at radius 3 is 0.938 bits per heavy atom. The molecule has 0 atom stereocenters. The average molecular weight is 571 g/mol. The third kappa shape index (κ3) is 4.93. The Balaban J connectivity index is 3.50. The summed E-state index contributed by atoms with van der Waals surface area (Å²) in [5.41, 5.74) is -2.61. The quantitative estimate of drug-likeness (QED) is 0.380. The van der Waals surface area contributed by atoms with E-state index >= 15 is 0 Å². The zero-order chi connectivity index (χ0) is 25.2. The third-order valence-electron chi connectivity index (χ3n) is 4.06. The summed E-state index contributed by atoms with van der Waals surface area (Å²) >= 11 is 11.5. The molecule has 0 unspecified atom stereocenters. The fraction of sp³-hybridized carbons (Fsp3) is 0.143. The van der Waals surface area contributed by atoms with Gasteiger partial charge in [-0.2, -0.15) is 33.7 Å². The van der Waals surface area contributed by atoms with Gasteiger partial charge in [-0.1, -0.05) is 23.2 Å². The smallest absolute Gasteiger partial charge is 0.282 e. The summed E-state index contributed by atoms with van der Waals surface area (Å²) in [7, 11) is -22.2. The van der Waals surface area contributed by atoms with Crippen LogP contribution in [0.2, 0.25) is 10.0 Å². The van der Waals surface area contributed by atoms with Crippen molar-refractivity contribution in [3.05, 3.63) is 33.3 Å². The lowest BCUT2D eigenvalue weighted by atomic mass is 9.96. The summed E-state index contributed by atoms with van der Waals surface area (Å²) in [6.45, 7) is 2.14. The van der Waals surface area contributed by atoms with E-state index in [1.807, 2.05) is 0 Å². The second-order valence-electron chi connectivity index (χ2n) is 6.32. The highest BCUT2D eigenvalue weighted by atomic mass is 35.5. The molecule has 0 spiro atoms. The standard InChI is InChI=1S/C14H12Cl2O12S4/c1-5-3-7(15)11(29(17,18)19)13(31(23,24)25)9(5)10-6(2)4-8(16)12(30(20,21)22)14(10)32(26,27)28/h3-4H,1-2H3,(H,17,18,19)(H,20,21,22)(H,23,24,25)(H,26,27,28). The van der Waals surface area contributed by atoms with Crippen LogP contribution in [0.1, 0.15) is 11.1 Å². The van der Waals surface area contributed by atoms with Gasteiger partial charge in [0.25, 0.3) is 40.5 Å². The highest BCUT2D eigenvalue weighted by Gasteiger charge is 2.38. The second kappa shape index (κ2) is 8.15. The summed E-state index contributed by atoms with van der Waals surface area (Å²) in [6.07, 6.45) is 0. The van der Waals surface area contributed by atoms with E-state index in [9.17, 15) is 51.9 Å². The molecule has 12 nitrogen and oxygen atoms in total. The fourth-order valence-electron chi connectivity index (χ4n) is 3.05. The van der Waals surface area contributed by atoms with Gasteiger partial charge in [0.05, 0.1) is 10.0 Å². The minimum Gasteiger partial charge on any atom is -0.282 e. The normalized spacial score (nSPS) is 13.4. The molecule has 2 aromatic rings. The molecule has 178 valence electrons. The number of hydrogen-bond acceptors (Lipinski definition) is 8. The summed E-state index contributed by atoms with van der Waals surface area (Å²) < 4.78 is 134. The highest BCUT2D eigenvalue weighted by molar-refractivity contribution is 7.89. The molecule has 0 bridgehead atoms. The zero-order valence-electron chi connectivity index (χ0n) is 15.6. The van der Waals surface area contributed by atoms with Crippen LogP contribution in [0.25, 0.3) is 11.1 Å². The molecule has 0 saturated heterocycles.